The van der Waals surface area contributed by atoms with Gasteiger partial charge in [-0.15, -0.1) is 0 Å². The molecule has 1 saturated heterocycles. The fourth-order valence-electron chi connectivity index (χ4n) is 2.61. The number of imidazole rings is 1. The van der Waals surface area contributed by atoms with Crippen LogP contribution in [-0.2, 0) is 16.8 Å². The predicted molar refractivity (Wildman–Crippen MR) is 82.0 cm³/mol. The van der Waals surface area contributed by atoms with Gasteiger partial charge in [-0.1, -0.05) is 13.3 Å². The van der Waals surface area contributed by atoms with E-state index in [9.17, 15) is 8.42 Å². The lowest BCUT2D eigenvalue weighted by atomic mass is 10.1. The molecule has 1 aromatic rings. The molecule has 2 N–H and O–H groups in total. The summed E-state index contributed by atoms with van der Waals surface area (Å²) in [5.41, 5.74) is 0. The van der Waals surface area contributed by atoms with Crippen molar-refractivity contribution in [2.45, 2.75) is 38.8 Å². The Labute approximate surface area is 126 Å². The van der Waals surface area contributed by atoms with E-state index >= 15 is 0 Å². The zero-order valence-electron chi connectivity index (χ0n) is 12.5. The average Bonchev–Trinajstić information content (AvgIpc) is 2.98. The van der Waals surface area contributed by atoms with E-state index in [0.717, 1.165) is 32.4 Å². The van der Waals surface area contributed by atoms with Crippen LogP contribution >= 0.6 is 0 Å². The van der Waals surface area contributed by atoms with Gasteiger partial charge in [-0.25, -0.2) is 9.71 Å². The second kappa shape index (κ2) is 7.88. The lowest BCUT2D eigenvalue weighted by molar-refractivity contribution is 0.243. The van der Waals surface area contributed by atoms with Crippen LogP contribution in [0.5, 0.6) is 0 Å². The van der Waals surface area contributed by atoms with Crippen molar-refractivity contribution < 1.29 is 8.42 Å². The van der Waals surface area contributed by atoms with Crippen molar-refractivity contribution in [1.29, 1.82) is 0 Å². The minimum absolute atomic E-state index is 0.0597. The van der Waals surface area contributed by atoms with Crippen LogP contribution in [0.2, 0.25) is 0 Å². The molecule has 2 rings (SSSR count). The molecule has 21 heavy (non-hydrogen) atoms. The molecule has 7 nitrogen and oxygen atoms in total. The third-order valence-corrected chi connectivity index (χ3v) is 5.39. The van der Waals surface area contributed by atoms with Crippen LogP contribution in [0.25, 0.3) is 0 Å². The van der Waals surface area contributed by atoms with E-state index in [0.29, 0.717) is 19.6 Å². The second-order valence-electron chi connectivity index (χ2n) is 5.27. The summed E-state index contributed by atoms with van der Waals surface area (Å²) in [6.07, 6.45) is 8.15. The van der Waals surface area contributed by atoms with Crippen molar-refractivity contribution in [2.75, 3.05) is 26.2 Å². The molecule has 1 unspecified atom stereocenters. The van der Waals surface area contributed by atoms with Crippen molar-refractivity contribution in [1.82, 2.24) is 23.9 Å². The maximum atomic E-state index is 12.4. The molecule has 1 aliphatic heterocycles. The number of nitrogens with zero attached hydrogens (tertiary/aromatic N) is 3. The van der Waals surface area contributed by atoms with Gasteiger partial charge < -0.3 is 9.88 Å². The van der Waals surface area contributed by atoms with Gasteiger partial charge in [0, 0.05) is 44.6 Å². The number of hydrogen-bond donors (Lipinski definition) is 2. The molecule has 8 heteroatoms. The third kappa shape index (κ3) is 4.77. The highest BCUT2D eigenvalue weighted by molar-refractivity contribution is 7.87. The Hall–Kier alpha value is -0.960. The van der Waals surface area contributed by atoms with Gasteiger partial charge in [0.15, 0.2) is 0 Å². The molecule has 0 amide bonds. The molecular formula is C13H25N5O2S. The monoisotopic (exact) mass is 315 g/mol. The maximum Gasteiger partial charge on any atom is 0.279 e. The van der Waals surface area contributed by atoms with Crippen molar-refractivity contribution >= 4 is 10.2 Å². The smallest absolute Gasteiger partial charge is 0.279 e. The van der Waals surface area contributed by atoms with Crippen LogP contribution in [-0.4, -0.2) is 54.5 Å². The molecular weight excluding hydrogens is 290 g/mol. The minimum Gasteiger partial charge on any atom is -0.336 e. The average molecular weight is 315 g/mol. The van der Waals surface area contributed by atoms with Gasteiger partial charge in [0.25, 0.3) is 10.2 Å². The molecule has 120 valence electrons. The fraction of sp³-hybridized carbons (Fsp3) is 0.769. The molecule has 1 atom stereocenters. The molecule has 0 saturated carbocycles. The van der Waals surface area contributed by atoms with E-state index in [1.165, 1.54) is 0 Å². The standard InChI is InChI=1S/C13H25N5O2S/c1-2-14-11-13-5-3-4-8-18(13)21(19,20)16-7-10-17-9-6-15-12-17/h6,9,12-14,16H,2-5,7-8,10-11H2,1H3. The fourth-order valence-corrected chi connectivity index (χ4v) is 4.07. The quantitative estimate of drug-likeness (QED) is 0.717. The minimum atomic E-state index is -3.41. The Morgan fingerprint density at radius 1 is 1.38 bits per heavy atom. The molecule has 0 spiro atoms. The van der Waals surface area contributed by atoms with E-state index < -0.39 is 10.2 Å². The summed E-state index contributed by atoms with van der Waals surface area (Å²) in [6, 6.07) is 0.0597. The summed E-state index contributed by atoms with van der Waals surface area (Å²) in [4.78, 5) is 3.94. The maximum absolute atomic E-state index is 12.4. The molecule has 1 aromatic heterocycles. The van der Waals surface area contributed by atoms with Crippen molar-refractivity contribution in [3.05, 3.63) is 18.7 Å². The normalized spacial score (nSPS) is 20.7. The molecule has 0 bridgehead atoms. The van der Waals surface area contributed by atoms with Crippen LogP contribution in [0.3, 0.4) is 0 Å². The Bertz CT molecular complexity index is 503. The first-order valence-electron chi connectivity index (χ1n) is 7.56. The van der Waals surface area contributed by atoms with Gasteiger partial charge in [0.05, 0.1) is 6.33 Å². The number of rotatable bonds is 8. The number of piperidine rings is 1. The molecule has 0 radical (unpaired) electrons. The number of likely N-dealkylation sites (N-methyl/N-ethyl adjacent to an activating group) is 1. The van der Waals surface area contributed by atoms with E-state index in [-0.39, 0.29) is 6.04 Å². The lowest BCUT2D eigenvalue weighted by Gasteiger charge is -2.34. The van der Waals surface area contributed by atoms with E-state index in [4.69, 9.17) is 0 Å². The number of aromatic nitrogens is 2. The topological polar surface area (TPSA) is 79.3 Å². The summed E-state index contributed by atoms with van der Waals surface area (Å²) in [5.74, 6) is 0. The highest BCUT2D eigenvalue weighted by atomic mass is 32.2. The Kier molecular flexibility index (Phi) is 6.16. The van der Waals surface area contributed by atoms with Gasteiger partial charge in [-0.2, -0.15) is 12.7 Å². The molecule has 0 aliphatic carbocycles. The summed E-state index contributed by atoms with van der Waals surface area (Å²) in [6.45, 7) is 5.19. The van der Waals surface area contributed by atoms with Crippen molar-refractivity contribution in [3.63, 3.8) is 0 Å². The Morgan fingerprint density at radius 3 is 2.95 bits per heavy atom. The summed E-state index contributed by atoms with van der Waals surface area (Å²) < 4.78 is 31.1. The largest absolute Gasteiger partial charge is 0.336 e. The van der Waals surface area contributed by atoms with E-state index in [1.807, 2.05) is 17.7 Å². The third-order valence-electron chi connectivity index (χ3n) is 3.73. The molecule has 0 aromatic carbocycles. The van der Waals surface area contributed by atoms with Gasteiger partial charge in [-0.3, -0.25) is 0 Å². The van der Waals surface area contributed by atoms with Crippen LogP contribution in [0.1, 0.15) is 26.2 Å². The molecule has 1 fully saturated rings. The lowest BCUT2D eigenvalue weighted by Crippen LogP contribution is -2.52. The molecule has 2 heterocycles. The zero-order valence-corrected chi connectivity index (χ0v) is 13.3. The second-order valence-corrected chi connectivity index (χ2v) is 6.98. The SMILES string of the molecule is CCNCC1CCCCN1S(=O)(=O)NCCn1ccnc1. The van der Waals surface area contributed by atoms with Crippen LogP contribution in [0.15, 0.2) is 18.7 Å². The van der Waals surface area contributed by atoms with Crippen LogP contribution in [0.4, 0.5) is 0 Å². The summed E-state index contributed by atoms with van der Waals surface area (Å²) >= 11 is 0. The van der Waals surface area contributed by atoms with Crippen molar-refractivity contribution in [3.8, 4) is 0 Å². The van der Waals surface area contributed by atoms with Crippen LogP contribution < -0.4 is 10.0 Å². The van der Waals surface area contributed by atoms with E-state index in [1.54, 1.807) is 16.8 Å². The zero-order chi connectivity index (χ0) is 15.1. The first-order chi connectivity index (χ1) is 10.1. The Balaban J connectivity index is 1.89. The number of nitrogens with one attached hydrogen (secondary N) is 2. The first kappa shape index (κ1) is 16.4. The van der Waals surface area contributed by atoms with Gasteiger partial charge in [0.2, 0.25) is 0 Å². The van der Waals surface area contributed by atoms with Gasteiger partial charge in [0.1, 0.15) is 0 Å². The summed E-state index contributed by atoms with van der Waals surface area (Å²) in [5, 5.41) is 3.25. The highest BCUT2D eigenvalue weighted by Gasteiger charge is 2.31. The predicted octanol–water partition coefficient (Wildman–Crippen LogP) is 0.182. The highest BCUT2D eigenvalue weighted by Crippen LogP contribution is 2.19. The Morgan fingerprint density at radius 2 is 2.24 bits per heavy atom. The van der Waals surface area contributed by atoms with E-state index in [2.05, 4.69) is 15.0 Å². The van der Waals surface area contributed by atoms with Gasteiger partial charge >= 0.3 is 0 Å². The summed E-state index contributed by atoms with van der Waals surface area (Å²) in [7, 11) is -3.41. The molecule has 1 aliphatic rings. The van der Waals surface area contributed by atoms with Gasteiger partial charge in [-0.05, 0) is 19.4 Å². The van der Waals surface area contributed by atoms with Crippen molar-refractivity contribution in [2.24, 2.45) is 0 Å². The first-order valence-corrected chi connectivity index (χ1v) is 9.00. The van der Waals surface area contributed by atoms with Crippen LogP contribution in [0, 0.1) is 0 Å². The number of hydrogen-bond acceptors (Lipinski definition) is 4.